The minimum atomic E-state index is -1.41. The highest BCUT2D eigenvalue weighted by Gasteiger charge is 2.45. The molecule has 3 aliphatic rings. The maximum Gasteiger partial charge on any atom is 0.320 e. The Balaban J connectivity index is 1.36. The number of carbonyl (C=O) groups is 3. The minimum absolute atomic E-state index is 0.117. The highest BCUT2D eigenvalue weighted by Crippen LogP contribution is 2.32. The van der Waals surface area contributed by atoms with Crippen LogP contribution >= 0.6 is 0 Å². The number of piperazine rings is 1. The van der Waals surface area contributed by atoms with Gasteiger partial charge in [-0.15, -0.1) is 0 Å². The number of halogens is 2. The fourth-order valence-corrected chi connectivity index (χ4v) is 5.89. The zero-order chi connectivity index (χ0) is 29.8. The summed E-state index contributed by atoms with van der Waals surface area (Å²) in [4.78, 5) is 45.3. The zero-order valence-corrected chi connectivity index (χ0v) is 23.8. The molecule has 0 aromatic heterocycles. The Bertz CT molecular complexity index is 1260. The van der Waals surface area contributed by atoms with Crippen molar-refractivity contribution < 1.29 is 28.3 Å². The Morgan fingerprint density at radius 2 is 1.79 bits per heavy atom. The summed E-state index contributed by atoms with van der Waals surface area (Å²) in [6.45, 7) is 4.42. The third-order valence-corrected chi connectivity index (χ3v) is 8.23. The number of nitrogens with zero attached hydrogens (tertiary/aromatic N) is 3. The summed E-state index contributed by atoms with van der Waals surface area (Å²) in [7, 11) is 0. The van der Waals surface area contributed by atoms with Crippen LogP contribution in [0.1, 0.15) is 37.3 Å². The predicted octanol–water partition coefficient (Wildman–Crippen LogP) is 2.28. The van der Waals surface area contributed by atoms with Crippen molar-refractivity contribution in [2.24, 2.45) is 5.92 Å². The Morgan fingerprint density at radius 1 is 1.07 bits per heavy atom. The van der Waals surface area contributed by atoms with Crippen LogP contribution in [0.4, 0.5) is 13.6 Å². The van der Waals surface area contributed by atoms with Crippen molar-refractivity contribution >= 4 is 17.8 Å². The van der Waals surface area contributed by atoms with E-state index >= 15 is 0 Å². The molecule has 42 heavy (non-hydrogen) atoms. The molecule has 3 fully saturated rings. The minimum Gasteiger partial charge on any atom is -0.389 e. The maximum atomic E-state index is 14.1. The van der Waals surface area contributed by atoms with E-state index in [2.05, 4.69) is 10.6 Å². The van der Waals surface area contributed by atoms with E-state index in [1.165, 1.54) is 0 Å². The van der Waals surface area contributed by atoms with Gasteiger partial charge in [0.15, 0.2) is 0 Å². The van der Waals surface area contributed by atoms with Crippen LogP contribution in [0.2, 0.25) is 0 Å². The number of carbonyl (C=O) groups excluding carboxylic acids is 3. The van der Waals surface area contributed by atoms with Crippen molar-refractivity contribution in [2.75, 3.05) is 32.7 Å². The quantitative estimate of drug-likeness (QED) is 0.356. The van der Waals surface area contributed by atoms with E-state index in [1.807, 2.05) is 37.3 Å². The van der Waals surface area contributed by atoms with E-state index < -0.39 is 41.8 Å². The molecule has 0 radical (unpaired) electrons. The van der Waals surface area contributed by atoms with Gasteiger partial charge in [0.1, 0.15) is 23.7 Å². The van der Waals surface area contributed by atoms with E-state index in [4.69, 9.17) is 0 Å². The van der Waals surface area contributed by atoms with Crippen LogP contribution in [-0.2, 0) is 22.6 Å². The van der Waals surface area contributed by atoms with Gasteiger partial charge in [-0.2, -0.15) is 0 Å². The van der Waals surface area contributed by atoms with Gasteiger partial charge in [-0.05, 0) is 54.9 Å². The number of aliphatic hydroxyl groups is 1. The Hall–Kier alpha value is -3.57. The number of nitrogens with one attached hydrogen (secondary N) is 2. The van der Waals surface area contributed by atoms with Gasteiger partial charge in [0.2, 0.25) is 11.8 Å². The second-order valence-corrected chi connectivity index (χ2v) is 11.6. The molecule has 9 nitrogen and oxygen atoms in total. The standard InChI is InChI=1S/C31H39F2N5O4/c1-2-11-37-19-26(38(31(37)42)18-21-8-9-21)29(40)35-25(15-22-13-23(32)16-24(33)14-22)28(39)27-30(41)36(12-10-34-27)17-20-6-4-3-5-7-20/h3-7,13-14,16,21,25-28,34,39H,2,8-12,15,17-19H2,1H3,(H,35,40)/t25-,26-,27-,28-/m0/s1. The number of rotatable bonds is 12. The van der Waals surface area contributed by atoms with Crippen LogP contribution in [0.5, 0.6) is 0 Å². The number of hydrogen-bond acceptors (Lipinski definition) is 5. The second-order valence-electron chi connectivity index (χ2n) is 11.6. The third-order valence-electron chi connectivity index (χ3n) is 8.23. The first-order valence-electron chi connectivity index (χ1n) is 14.8. The predicted molar refractivity (Wildman–Crippen MR) is 152 cm³/mol. The van der Waals surface area contributed by atoms with E-state index in [1.54, 1.807) is 14.7 Å². The van der Waals surface area contributed by atoms with Crippen LogP contribution in [0.25, 0.3) is 0 Å². The molecule has 3 N–H and O–H groups in total. The van der Waals surface area contributed by atoms with Crippen molar-refractivity contribution in [3.63, 3.8) is 0 Å². The van der Waals surface area contributed by atoms with Crippen LogP contribution < -0.4 is 10.6 Å². The molecule has 2 saturated heterocycles. The van der Waals surface area contributed by atoms with Crippen molar-refractivity contribution in [3.05, 3.63) is 71.3 Å². The second kappa shape index (κ2) is 13.2. The molecule has 226 valence electrons. The molecule has 2 aromatic rings. The molecule has 5 rings (SSSR count). The van der Waals surface area contributed by atoms with E-state index in [-0.39, 0.29) is 30.5 Å². The summed E-state index contributed by atoms with van der Waals surface area (Å²) in [5.41, 5.74) is 1.17. The Morgan fingerprint density at radius 3 is 2.45 bits per heavy atom. The first kappa shape index (κ1) is 29.9. The van der Waals surface area contributed by atoms with Gasteiger partial charge in [-0.1, -0.05) is 37.3 Å². The van der Waals surface area contributed by atoms with Gasteiger partial charge in [0, 0.05) is 38.8 Å². The molecule has 2 aromatic carbocycles. The molecule has 0 spiro atoms. The molecule has 4 atom stereocenters. The molecule has 11 heteroatoms. The van der Waals surface area contributed by atoms with Gasteiger partial charge >= 0.3 is 6.03 Å². The average molecular weight is 584 g/mol. The van der Waals surface area contributed by atoms with Crippen LogP contribution in [0.15, 0.2) is 48.5 Å². The zero-order valence-electron chi connectivity index (χ0n) is 23.8. The largest absolute Gasteiger partial charge is 0.389 e. The molecule has 1 aliphatic carbocycles. The summed E-state index contributed by atoms with van der Waals surface area (Å²) in [6.07, 6.45) is 1.24. The van der Waals surface area contributed by atoms with Crippen LogP contribution in [-0.4, -0.2) is 94.6 Å². The molecule has 2 heterocycles. The first-order valence-corrected chi connectivity index (χ1v) is 14.8. The summed E-state index contributed by atoms with van der Waals surface area (Å²) in [5.74, 6) is -1.99. The topological polar surface area (TPSA) is 105 Å². The lowest BCUT2D eigenvalue weighted by atomic mass is 9.93. The summed E-state index contributed by atoms with van der Waals surface area (Å²) >= 11 is 0. The molecule has 0 unspecified atom stereocenters. The Labute approximate surface area is 244 Å². The summed E-state index contributed by atoms with van der Waals surface area (Å²) in [6, 6.07) is 9.49. The monoisotopic (exact) mass is 583 g/mol. The number of urea groups is 1. The fourth-order valence-electron chi connectivity index (χ4n) is 5.89. The van der Waals surface area contributed by atoms with Gasteiger partial charge in [0.05, 0.1) is 18.7 Å². The van der Waals surface area contributed by atoms with Gasteiger partial charge in [0.25, 0.3) is 0 Å². The third kappa shape index (κ3) is 7.07. The number of amides is 4. The molecule has 4 amide bonds. The Kier molecular flexibility index (Phi) is 9.37. The number of hydrogen-bond donors (Lipinski definition) is 3. The fraction of sp³-hybridized carbons (Fsp3) is 0.516. The van der Waals surface area contributed by atoms with E-state index in [9.17, 15) is 28.3 Å². The van der Waals surface area contributed by atoms with Crippen LogP contribution in [0.3, 0.4) is 0 Å². The van der Waals surface area contributed by atoms with Crippen molar-refractivity contribution in [1.82, 2.24) is 25.3 Å². The van der Waals surface area contributed by atoms with Crippen molar-refractivity contribution in [1.29, 1.82) is 0 Å². The maximum absolute atomic E-state index is 14.1. The molecular formula is C31H39F2N5O4. The molecular weight excluding hydrogens is 544 g/mol. The van der Waals surface area contributed by atoms with E-state index in [0.717, 1.165) is 43.0 Å². The smallest absolute Gasteiger partial charge is 0.320 e. The highest BCUT2D eigenvalue weighted by molar-refractivity contribution is 5.91. The normalized spacial score (nSPS) is 22.4. The van der Waals surface area contributed by atoms with E-state index in [0.29, 0.717) is 38.6 Å². The number of benzene rings is 2. The lowest BCUT2D eigenvalue weighted by Crippen LogP contribution is -2.64. The lowest BCUT2D eigenvalue weighted by molar-refractivity contribution is -0.141. The summed E-state index contributed by atoms with van der Waals surface area (Å²) in [5, 5.41) is 17.5. The van der Waals surface area contributed by atoms with Crippen LogP contribution in [0, 0.1) is 17.6 Å². The summed E-state index contributed by atoms with van der Waals surface area (Å²) < 4.78 is 28.2. The van der Waals surface area contributed by atoms with Gasteiger partial charge in [-0.3, -0.25) is 9.59 Å². The molecule has 2 aliphatic heterocycles. The van der Waals surface area contributed by atoms with Gasteiger partial charge < -0.3 is 30.4 Å². The molecule has 0 bridgehead atoms. The van der Waals surface area contributed by atoms with Gasteiger partial charge in [-0.25, -0.2) is 13.6 Å². The lowest BCUT2D eigenvalue weighted by Gasteiger charge is -2.38. The average Bonchev–Trinajstić information content (AvgIpc) is 3.73. The van der Waals surface area contributed by atoms with Crippen molar-refractivity contribution in [2.45, 2.75) is 63.4 Å². The SMILES string of the molecule is CCCN1C[C@@H](C(=O)N[C@@H](Cc2cc(F)cc(F)c2)[C@H](O)[C@@H]2NCCN(Cc3ccccc3)C2=O)N(CC2CC2)C1=O. The van der Waals surface area contributed by atoms with Crippen molar-refractivity contribution in [3.8, 4) is 0 Å². The molecule has 1 saturated carbocycles. The first-order chi connectivity index (χ1) is 20.2. The highest BCUT2D eigenvalue weighted by atomic mass is 19.1. The number of aliphatic hydroxyl groups excluding tert-OH is 1.